The third-order valence-corrected chi connectivity index (χ3v) is 2.79. The van der Waals surface area contributed by atoms with Crippen molar-refractivity contribution in [3.63, 3.8) is 0 Å². The van der Waals surface area contributed by atoms with Gasteiger partial charge in [-0.1, -0.05) is 12.1 Å². The second-order valence-corrected chi connectivity index (χ2v) is 4.40. The van der Waals surface area contributed by atoms with E-state index in [9.17, 15) is 19.8 Å². The van der Waals surface area contributed by atoms with Crippen LogP contribution in [0, 0.1) is 0 Å². The summed E-state index contributed by atoms with van der Waals surface area (Å²) in [6.07, 6.45) is 1.45. The minimum atomic E-state index is -1.12. The third-order valence-electron chi connectivity index (χ3n) is 2.79. The SMILES string of the molecule is Nc1ccn(N[C@@H](Cc2ccc(O)cc2)C(=O)O)c(=O)n1. The number of carbonyl (C=O) groups is 1. The highest BCUT2D eigenvalue weighted by atomic mass is 16.4. The van der Waals surface area contributed by atoms with E-state index in [2.05, 4.69) is 10.4 Å². The second kappa shape index (κ2) is 5.95. The summed E-state index contributed by atoms with van der Waals surface area (Å²) >= 11 is 0. The average Bonchev–Trinajstić information content (AvgIpc) is 2.43. The summed E-state index contributed by atoms with van der Waals surface area (Å²) in [7, 11) is 0. The number of benzene rings is 1. The van der Waals surface area contributed by atoms with E-state index < -0.39 is 17.7 Å². The number of aliphatic carboxylic acids is 1. The Morgan fingerprint density at radius 1 is 1.33 bits per heavy atom. The lowest BCUT2D eigenvalue weighted by molar-refractivity contribution is -0.138. The molecule has 110 valence electrons. The first-order valence-corrected chi connectivity index (χ1v) is 6.08. The van der Waals surface area contributed by atoms with Gasteiger partial charge in [-0.05, 0) is 23.8 Å². The first-order valence-electron chi connectivity index (χ1n) is 6.08. The first kappa shape index (κ1) is 14.4. The zero-order chi connectivity index (χ0) is 15.4. The molecule has 0 saturated carbocycles. The van der Waals surface area contributed by atoms with Gasteiger partial charge in [0.05, 0.1) is 0 Å². The molecule has 0 aliphatic carbocycles. The molecule has 5 N–H and O–H groups in total. The van der Waals surface area contributed by atoms with E-state index in [0.29, 0.717) is 5.56 Å². The van der Waals surface area contributed by atoms with Crippen molar-refractivity contribution in [1.82, 2.24) is 9.66 Å². The molecule has 0 bridgehead atoms. The van der Waals surface area contributed by atoms with E-state index in [1.807, 2.05) is 0 Å². The summed E-state index contributed by atoms with van der Waals surface area (Å²) in [5.74, 6) is -0.965. The van der Waals surface area contributed by atoms with Gasteiger partial charge in [-0.3, -0.25) is 0 Å². The Labute approximate surface area is 119 Å². The molecule has 2 rings (SSSR count). The minimum Gasteiger partial charge on any atom is -0.508 e. The van der Waals surface area contributed by atoms with Crippen molar-refractivity contribution >= 4 is 11.8 Å². The standard InChI is InChI=1S/C13H14N4O4/c14-11-5-6-17(13(21)15-11)16-10(12(19)20)7-8-1-3-9(18)4-2-8/h1-6,10,16,18H,7H2,(H,19,20)(H2,14,15,21)/t10-/m0/s1. The van der Waals surface area contributed by atoms with Gasteiger partial charge in [0, 0.05) is 12.6 Å². The van der Waals surface area contributed by atoms with Gasteiger partial charge in [0.15, 0.2) is 0 Å². The number of phenolic OH excluding ortho intramolecular Hbond substituents is 1. The van der Waals surface area contributed by atoms with Crippen molar-refractivity contribution in [2.45, 2.75) is 12.5 Å². The lowest BCUT2D eigenvalue weighted by atomic mass is 10.1. The maximum Gasteiger partial charge on any atom is 0.368 e. The van der Waals surface area contributed by atoms with Crippen LogP contribution < -0.4 is 16.8 Å². The van der Waals surface area contributed by atoms with Crippen molar-refractivity contribution in [2.24, 2.45) is 0 Å². The van der Waals surface area contributed by atoms with Gasteiger partial charge in [0.1, 0.15) is 17.6 Å². The van der Waals surface area contributed by atoms with Crippen LogP contribution in [-0.4, -0.2) is 31.9 Å². The summed E-state index contributed by atoms with van der Waals surface area (Å²) in [6.45, 7) is 0. The van der Waals surface area contributed by atoms with Gasteiger partial charge in [0.25, 0.3) is 0 Å². The number of nitrogens with two attached hydrogens (primary N) is 1. The molecule has 1 heterocycles. The molecule has 1 atom stereocenters. The highest BCUT2D eigenvalue weighted by Crippen LogP contribution is 2.11. The predicted octanol–water partition coefficient (Wildman–Crippen LogP) is -0.230. The Morgan fingerprint density at radius 2 is 2.00 bits per heavy atom. The Morgan fingerprint density at radius 3 is 2.57 bits per heavy atom. The molecule has 0 spiro atoms. The molecule has 1 aromatic heterocycles. The van der Waals surface area contributed by atoms with Crippen molar-refractivity contribution in [3.8, 4) is 5.75 Å². The summed E-state index contributed by atoms with van der Waals surface area (Å²) in [4.78, 5) is 26.4. The fourth-order valence-corrected chi connectivity index (χ4v) is 1.74. The second-order valence-electron chi connectivity index (χ2n) is 4.40. The van der Waals surface area contributed by atoms with E-state index in [1.54, 1.807) is 12.1 Å². The zero-order valence-electron chi connectivity index (χ0n) is 10.9. The maximum absolute atomic E-state index is 11.6. The maximum atomic E-state index is 11.6. The quantitative estimate of drug-likeness (QED) is 0.598. The van der Waals surface area contributed by atoms with Crippen LogP contribution in [0.4, 0.5) is 5.82 Å². The normalized spacial score (nSPS) is 11.8. The van der Waals surface area contributed by atoms with Crippen molar-refractivity contribution in [3.05, 3.63) is 52.6 Å². The van der Waals surface area contributed by atoms with Gasteiger partial charge in [-0.15, -0.1) is 0 Å². The van der Waals surface area contributed by atoms with Crippen LogP contribution in [0.5, 0.6) is 5.75 Å². The number of rotatable bonds is 5. The molecule has 0 fully saturated rings. The molecule has 21 heavy (non-hydrogen) atoms. The number of hydrogen-bond acceptors (Lipinski definition) is 6. The Balaban J connectivity index is 2.17. The monoisotopic (exact) mass is 290 g/mol. The van der Waals surface area contributed by atoms with E-state index in [0.717, 1.165) is 4.68 Å². The molecular weight excluding hydrogens is 276 g/mol. The average molecular weight is 290 g/mol. The van der Waals surface area contributed by atoms with E-state index in [1.165, 1.54) is 24.4 Å². The van der Waals surface area contributed by atoms with Crippen LogP contribution in [0.25, 0.3) is 0 Å². The molecule has 0 aliphatic heterocycles. The molecule has 2 aromatic rings. The fraction of sp³-hybridized carbons (Fsp3) is 0.154. The molecule has 0 radical (unpaired) electrons. The number of hydrogen-bond donors (Lipinski definition) is 4. The Kier molecular flexibility index (Phi) is 4.07. The van der Waals surface area contributed by atoms with Gasteiger partial charge in [-0.25, -0.2) is 14.3 Å². The lowest BCUT2D eigenvalue weighted by Crippen LogP contribution is -2.42. The fourth-order valence-electron chi connectivity index (χ4n) is 1.74. The van der Waals surface area contributed by atoms with Crippen LogP contribution in [0.2, 0.25) is 0 Å². The number of nitrogens with zero attached hydrogens (tertiary/aromatic N) is 2. The van der Waals surface area contributed by atoms with Gasteiger partial charge in [-0.2, -0.15) is 4.98 Å². The largest absolute Gasteiger partial charge is 0.508 e. The summed E-state index contributed by atoms with van der Waals surface area (Å²) in [5, 5.41) is 18.4. The molecule has 8 nitrogen and oxygen atoms in total. The van der Waals surface area contributed by atoms with Gasteiger partial charge < -0.3 is 21.4 Å². The number of aromatic nitrogens is 2. The number of aromatic hydroxyl groups is 1. The van der Waals surface area contributed by atoms with Crippen molar-refractivity contribution < 1.29 is 15.0 Å². The lowest BCUT2D eigenvalue weighted by Gasteiger charge is -2.17. The number of nitrogen functional groups attached to an aromatic ring is 1. The highest BCUT2D eigenvalue weighted by Gasteiger charge is 2.18. The van der Waals surface area contributed by atoms with Crippen LogP contribution in [0.15, 0.2) is 41.3 Å². The molecule has 0 aliphatic rings. The summed E-state index contributed by atoms with van der Waals surface area (Å²) < 4.78 is 0.968. The minimum absolute atomic E-state index is 0.0588. The highest BCUT2D eigenvalue weighted by molar-refractivity contribution is 5.75. The summed E-state index contributed by atoms with van der Waals surface area (Å²) in [6, 6.07) is 6.50. The van der Waals surface area contributed by atoms with Crippen molar-refractivity contribution in [2.75, 3.05) is 11.2 Å². The third kappa shape index (κ3) is 3.72. The smallest absolute Gasteiger partial charge is 0.368 e. The molecule has 8 heteroatoms. The number of phenols is 1. The van der Waals surface area contributed by atoms with Crippen LogP contribution >= 0.6 is 0 Å². The van der Waals surface area contributed by atoms with E-state index in [4.69, 9.17) is 5.73 Å². The van der Waals surface area contributed by atoms with Gasteiger partial charge >= 0.3 is 11.7 Å². The molecular formula is C13H14N4O4. The molecule has 0 saturated heterocycles. The Hall–Kier alpha value is -3.03. The molecule has 0 unspecified atom stereocenters. The van der Waals surface area contributed by atoms with Gasteiger partial charge in [0.2, 0.25) is 0 Å². The van der Waals surface area contributed by atoms with Crippen LogP contribution in [0.3, 0.4) is 0 Å². The first-order chi connectivity index (χ1) is 9.95. The Bertz CT molecular complexity index is 696. The van der Waals surface area contributed by atoms with Crippen molar-refractivity contribution in [1.29, 1.82) is 0 Å². The number of carboxylic acids is 1. The summed E-state index contributed by atoms with van der Waals surface area (Å²) in [5.41, 5.74) is 7.94. The van der Waals surface area contributed by atoms with E-state index >= 15 is 0 Å². The predicted molar refractivity (Wildman–Crippen MR) is 75.5 cm³/mol. The zero-order valence-corrected chi connectivity index (χ0v) is 10.9. The van der Waals surface area contributed by atoms with E-state index in [-0.39, 0.29) is 18.0 Å². The molecule has 1 aromatic carbocycles. The number of anilines is 1. The topological polar surface area (TPSA) is 130 Å². The number of carboxylic acid groups (broad SMARTS) is 1. The molecule has 0 amide bonds. The van der Waals surface area contributed by atoms with Crippen LogP contribution in [-0.2, 0) is 11.2 Å². The number of nitrogens with one attached hydrogen (secondary N) is 1. The van der Waals surface area contributed by atoms with Crippen LogP contribution in [0.1, 0.15) is 5.56 Å².